The maximum absolute atomic E-state index is 12.9. The quantitative estimate of drug-likeness (QED) is 0.832. The fourth-order valence-electron chi connectivity index (χ4n) is 1.84. The monoisotopic (exact) mass is 258 g/mol. The third kappa shape index (κ3) is 3.10. The van der Waals surface area contributed by atoms with Crippen molar-refractivity contribution in [3.8, 4) is 0 Å². The van der Waals surface area contributed by atoms with Crippen LogP contribution in [0, 0.1) is 5.82 Å². The first kappa shape index (κ1) is 13.1. The van der Waals surface area contributed by atoms with Crippen LogP contribution in [0.15, 0.2) is 48.5 Å². The average molecular weight is 258 g/mol. The van der Waals surface area contributed by atoms with Gasteiger partial charge in [-0.2, -0.15) is 0 Å². The van der Waals surface area contributed by atoms with Gasteiger partial charge in [-0.25, -0.2) is 4.39 Å². The van der Waals surface area contributed by atoms with Crippen molar-refractivity contribution in [1.29, 1.82) is 0 Å². The van der Waals surface area contributed by atoms with E-state index in [9.17, 15) is 9.18 Å². The fourth-order valence-corrected chi connectivity index (χ4v) is 1.84. The van der Waals surface area contributed by atoms with Crippen molar-refractivity contribution < 1.29 is 9.18 Å². The van der Waals surface area contributed by atoms with Crippen molar-refractivity contribution in [3.63, 3.8) is 0 Å². The van der Waals surface area contributed by atoms with E-state index in [-0.39, 0.29) is 23.2 Å². The van der Waals surface area contributed by atoms with Crippen molar-refractivity contribution in [1.82, 2.24) is 5.32 Å². The Labute approximate surface area is 111 Å². The summed E-state index contributed by atoms with van der Waals surface area (Å²) in [5.41, 5.74) is 7.05. The van der Waals surface area contributed by atoms with Gasteiger partial charge in [0.15, 0.2) is 0 Å². The summed E-state index contributed by atoms with van der Waals surface area (Å²) in [5, 5.41) is 2.83. The molecule has 0 aliphatic heterocycles. The summed E-state index contributed by atoms with van der Waals surface area (Å²) in [6.45, 7) is 1.88. The lowest BCUT2D eigenvalue weighted by atomic mass is 10.1. The van der Waals surface area contributed by atoms with Crippen LogP contribution in [0.4, 0.5) is 10.1 Å². The zero-order valence-electron chi connectivity index (χ0n) is 10.6. The molecule has 1 unspecified atom stereocenters. The van der Waals surface area contributed by atoms with Crippen molar-refractivity contribution >= 4 is 11.6 Å². The van der Waals surface area contributed by atoms with E-state index in [4.69, 9.17) is 5.73 Å². The van der Waals surface area contributed by atoms with Crippen molar-refractivity contribution in [3.05, 3.63) is 65.5 Å². The lowest BCUT2D eigenvalue weighted by Gasteiger charge is -2.15. The molecule has 0 bridgehead atoms. The van der Waals surface area contributed by atoms with Crippen LogP contribution in [-0.4, -0.2) is 5.91 Å². The largest absolute Gasteiger partial charge is 0.398 e. The van der Waals surface area contributed by atoms with Crippen LogP contribution in [0.5, 0.6) is 0 Å². The number of nitrogens with one attached hydrogen (secondary N) is 1. The van der Waals surface area contributed by atoms with Gasteiger partial charge >= 0.3 is 0 Å². The standard InChI is InChI=1S/C15H15FN2O/c1-10(11-5-3-2-4-6-11)18-15(19)13-8-7-12(16)9-14(13)17/h2-10H,17H2,1H3,(H,18,19). The Bertz CT molecular complexity index is 584. The molecule has 4 heteroatoms. The molecule has 0 spiro atoms. The second-order valence-electron chi connectivity index (χ2n) is 4.34. The van der Waals surface area contributed by atoms with Gasteiger partial charge in [-0.3, -0.25) is 4.79 Å². The maximum atomic E-state index is 12.9. The van der Waals surface area contributed by atoms with Gasteiger partial charge in [0.2, 0.25) is 0 Å². The number of halogens is 1. The second kappa shape index (κ2) is 5.52. The van der Waals surface area contributed by atoms with E-state index in [0.717, 1.165) is 11.6 Å². The highest BCUT2D eigenvalue weighted by atomic mass is 19.1. The van der Waals surface area contributed by atoms with Crippen LogP contribution >= 0.6 is 0 Å². The molecule has 1 atom stereocenters. The van der Waals surface area contributed by atoms with E-state index in [2.05, 4.69) is 5.32 Å². The molecular formula is C15H15FN2O. The van der Waals surface area contributed by atoms with Crippen molar-refractivity contribution in [2.75, 3.05) is 5.73 Å². The molecule has 0 heterocycles. The highest BCUT2D eigenvalue weighted by Crippen LogP contribution is 2.16. The summed E-state index contributed by atoms with van der Waals surface area (Å²) < 4.78 is 12.9. The van der Waals surface area contributed by atoms with Gasteiger partial charge in [0.25, 0.3) is 5.91 Å². The number of carbonyl (C=O) groups is 1. The molecule has 1 amide bonds. The molecule has 0 aromatic heterocycles. The van der Waals surface area contributed by atoms with E-state index >= 15 is 0 Å². The molecule has 3 nitrogen and oxygen atoms in total. The van der Waals surface area contributed by atoms with Gasteiger partial charge in [-0.1, -0.05) is 30.3 Å². The number of benzene rings is 2. The minimum absolute atomic E-state index is 0.137. The molecule has 0 saturated heterocycles. The van der Waals surface area contributed by atoms with Crippen molar-refractivity contribution in [2.24, 2.45) is 0 Å². The maximum Gasteiger partial charge on any atom is 0.253 e. The smallest absolute Gasteiger partial charge is 0.253 e. The second-order valence-corrected chi connectivity index (χ2v) is 4.34. The fraction of sp³-hybridized carbons (Fsp3) is 0.133. The number of anilines is 1. The lowest BCUT2D eigenvalue weighted by molar-refractivity contribution is 0.0941. The van der Waals surface area contributed by atoms with Crippen LogP contribution in [0.1, 0.15) is 28.9 Å². The number of hydrogen-bond acceptors (Lipinski definition) is 2. The molecule has 2 aromatic carbocycles. The van der Waals surface area contributed by atoms with Gasteiger partial charge in [0.05, 0.1) is 11.6 Å². The summed E-state index contributed by atoms with van der Waals surface area (Å²) in [7, 11) is 0. The Balaban J connectivity index is 2.13. The molecule has 0 aliphatic rings. The van der Waals surface area contributed by atoms with Gasteiger partial charge in [-0.05, 0) is 30.7 Å². The van der Waals surface area contributed by atoms with Crippen molar-refractivity contribution in [2.45, 2.75) is 13.0 Å². The highest BCUT2D eigenvalue weighted by Gasteiger charge is 2.13. The SMILES string of the molecule is CC(NC(=O)c1ccc(F)cc1N)c1ccccc1. The first-order valence-corrected chi connectivity index (χ1v) is 5.99. The number of rotatable bonds is 3. The van der Waals surface area contributed by atoms with Gasteiger partial charge in [0, 0.05) is 5.69 Å². The summed E-state index contributed by atoms with van der Waals surface area (Å²) in [4.78, 5) is 12.0. The molecule has 3 N–H and O–H groups in total. The number of nitrogen functional groups attached to an aromatic ring is 1. The average Bonchev–Trinajstić information content (AvgIpc) is 2.39. The van der Waals surface area contributed by atoms with Crippen LogP contribution in [0.25, 0.3) is 0 Å². The van der Waals surface area contributed by atoms with Crippen LogP contribution < -0.4 is 11.1 Å². The minimum atomic E-state index is -0.454. The van der Waals surface area contributed by atoms with Crippen LogP contribution in [-0.2, 0) is 0 Å². The first-order chi connectivity index (χ1) is 9.08. The zero-order valence-corrected chi connectivity index (χ0v) is 10.6. The third-order valence-corrected chi connectivity index (χ3v) is 2.91. The molecule has 0 saturated carbocycles. The first-order valence-electron chi connectivity index (χ1n) is 5.99. The Kier molecular flexibility index (Phi) is 3.80. The van der Waals surface area contributed by atoms with Crippen LogP contribution in [0.2, 0.25) is 0 Å². The van der Waals surface area contributed by atoms with E-state index in [0.29, 0.717) is 0 Å². The molecule has 19 heavy (non-hydrogen) atoms. The van der Waals surface area contributed by atoms with Gasteiger partial charge in [0.1, 0.15) is 5.82 Å². The molecule has 2 rings (SSSR count). The molecular weight excluding hydrogens is 243 g/mol. The predicted octanol–water partition coefficient (Wildman–Crippen LogP) is 2.90. The van der Waals surface area contributed by atoms with E-state index < -0.39 is 5.82 Å². The van der Waals surface area contributed by atoms with Crippen LogP contribution in [0.3, 0.4) is 0 Å². The summed E-state index contributed by atoms with van der Waals surface area (Å²) in [6.07, 6.45) is 0. The predicted molar refractivity (Wildman–Crippen MR) is 73.1 cm³/mol. The summed E-state index contributed by atoms with van der Waals surface area (Å²) in [6, 6.07) is 13.2. The summed E-state index contributed by atoms with van der Waals surface area (Å²) in [5.74, 6) is -0.765. The Morgan fingerprint density at radius 3 is 2.53 bits per heavy atom. The van der Waals surface area contributed by atoms with E-state index in [1.807, 2.05) is 37.3 Å². The molecule has 0 aliphatic carbocycles. The number of amides is 1. The molecule has 98 valence electrons. The molecule has 2 aromatic rings. The minimum Gasteiger partial charge on any atom is -0.398 e. The highest BCUT2D eigenvalue weighted by molar-refractivity contribution is 5.99. The normalized spacial score (nSPS) is 11.9. The van der Waals surface area contributed by atoms with Gasteiger partial charge in [-0.15, -0.1) is 0 Å². The Hall–Kier alpha value is -2.36. The number of nitrogens with two attached hydrogens (primary N) is 1. The van der Waals surface area contributed by atoms with E-state index in [1.165, 1.54) is 12.1 Å². The molecule has 0 fully saturated rings. The number of hydrogen-bond donors (Lipinski definition) is 2. The lowest BCUT2D eigenvalue weighted by Crippen LogP contribution is -2.27. The summed E-state index contributed by atoms with van der Waals surface area (Å²) >= 11 is 0. The number of carbonyl (C=O) groups excluding carboxylic acids is 1. The zero-order chi connectivity index (χ0) is 13.8. The third-order valence-electron chi connectivity index (χ3n) is 2.91. The Morgan fingerprint density at radius 2 is 1.89 bits per heavy atom. The molecule has 0 radical (unpaired) electrons. The van der Waals surface area contributed by atoms with E-state index in [1.54, 1.807) is 0 Å². The Morgan fingerprint density at radius 1 is 1.21 bits per heavy atom. The van der Waals surface area contributed by atoms with Gasteiger partial charge < -0.3 is 11.1 Å². The topological polar surface area (TPSA) is 55.1 Å².